The van der Waals surface area contributed by atoms with Gasteiger partial charge in [0.15, 0.2) is 0 Å². The van der Waals surface area contributed by atoms with Gasteiger partial charge in [-0.3, -0.25) is 0 Å². The highest BCUT2D eigenvalue weighted by Gasteiger charge is 2.16. The molecule has 0 saturated carbocycles. The Kier molecular flexibility index (Phi) is 3.39. The van der Waals surface area contributed by atoms with E-state index in [4.69, 9.17) is 4.98 Å². The monoisotopic (exact) mass is 307 g/mol. The lowest BCUT2D eigenvalue weighted by Gasteiger charge is -2.21. The van der Waals surface area contributed by atoms with Crippen LogP contribution in [0.1, 0.15) is 24.2 Å². The van der Waals surface area contributed by atoms with E-state index in [0.717, 1.165) is 40.2 Å². The molecule has 1 aromatic carbocycles. The molecule has 2 N–H and O–H groups in total. The fourth-order valence-electron chi connectivity index (χ4n) is 2.77. The number of hydrogen-bond donors (Lipinski definition) is 2. The third-order valence-electron chi connectivity index (χ3n) is 3.67. The number of aromatic amines is 1. The van der Waals surface area contributed by atoms with Crippen molar-refractivity contribution in [3.8, 4) is 0 Å². The Hall–Kier alpha value is -0.870. The molecular formula is C14H18BrN3. The number of nitrogens with zero attached hydrogens (tertiary/aromatic N) is 1. The van der Waals surface area contributed by atoms with Crippen LogP contribution in [0, 0.1) is 12.8 Å². The summed E-state index contributed by atoms with van der Waals surface area (Å²) in [4.78, 5) is 8.20. The van der Waals surface area contributed by atoms with Crippen LogP contribution in [0.2, 0.25) is 0 Å². The molecule has 1 unspecified atom stereocenters. The standard InChI is InChI=1S/C14H18BrN3/c1-9-5-11(15)7-12-14(9)18-13(17-12)6-10-3-2-4-16-8-10/h5,7,10,16H,2-4,6,8H2,1H3,(H,17,18). The second-order valence-corrected chi connectivity index (χ2v) is 6.13. The molecule has 18 heavy (non-hydrogen) atoms. The predicted octanol–water partition coefficient (Wildman–Crippen LogP) is 3.18. The molecule has 96 valence electrons. The first kappa shape index (κ1) is 12.2. The number of nitrogens with one attached hydrogen (secondary N) is 2. The molecule has 4 heteroatoms. The Bertz CT molecular complexity index is 555. The minimum absolute atomic E-state index is 0.725. The average Bonchev–Trinajstić information content (AvgIpc) is 2.73. The number of halogens is 1. The zero-order chi connectivity index (χ0) is 12.5. The van der Waals surface area contributed by atoms with Crippen LogP contribution in [0.5, 0.6) is 0 Å². The molecule has 1 aromatic heterocycles. The maximum atomic E-state index is 4.74. The van der Waals surface area contributed by atoms with Crippen LogP contribution in [0.15, 0.2) is 16.6 Å². The van der Waals surface area contributed by atoms with Gasteiger partial charge in [0.05, 0.1) is 11.0 Å². The van der Waals surface area contributed by atoms with Crippen LogP contribution in [0.4, 0.5) is 0 Å². The zero-order valence-corrected chi connectivity index (χ0v) is 12.2. The van der Waals surface area contributed by atoms with Crippen LogP contribution in [-0.4, -0.2) is 23.1 Å². The molecule has 0 aliphatic carbocycles. The summed E-state index contributed by atoms with van der Waals surface area (Å²) in [5.74, 6) is 1.85. The van der Waals surface area contributed by atoms with Crippen LogP contribution in [0.3, 0.4) is 0 Å². The van der Waals surface area contributed by atoms with Crippen molar-refractivity contribution in [1.29, 1.82) is 0 Å². The number of hydrogen-bond acceptors (Lipinski definition) is 2. The quantitative estimate of drug-likeness (QED) is 0.894. The molecule has 0 radical (unpaired) electrons. The summed E-state index contributed by atoms with van der Waals surface area (Å²) < 4.78 is 1.11. The molecule has 3 nitrogen and oxygen atoms in total. The van der Waals surface area contributed by atoms with E-state index in [1.54, 1.807) is 0 Å². The largest absolute Gasteiger partial charge is 0.342 e. The molecule has 2 aromatic rings. The third-order valence-corrected chi connectivity index (χ3v) is 4.13. The minimum Gasteiger partial charge on any atom is -0.342 e. The van der Waals surface area contributed by atoms with Gasteiger partial charge in [0.25, 0.3) is 0 Å². The van der Waals surface area contributed by atoms with Crippen molar-refractivity contribution < 1.29 is 0 Å². The normalized spacial score (nSPS) is 20.4. The lowest BCUT2D eigenvalue weighted by atomic mass is 9.96. The summed E-state index contributed by atoms with van der Waals surface area (Å²) in [6, 6.07) is 4.23. The Balaban J connectivity index is 1.86. The second-order valence-electron chi connectivity index (χ2n) is 5.22. The van der Waals surface area contributed by atoms with Gasteiger partial charge in [-0.15, -0.1) is 0 Å². The van der Waals surface area contributed by atoms with Gasteiger partial charge in [-0.2, -0.15) is 0 Å². The van der Waals surface area contributed by atoms with Gasteiger partial charge in [-0.05, 0) is 56.5 Å². The van der Waals surface area contributed by atoms with Crippen LogP contribution < -0.4 is 5.32 Å². The molecule has 1 aliphatic rings. The second kappa shape index (κ2) is 5.02. The molecule has 2 heterocycles. The smallest absolute Gasteiger partial charge is 0.107 e. The third kappa shape index (κ3) is 2.45. The van der Waals surface area contributed by atoms with Gasteiger partial charge in [0.1, 0.15) is 5.82 Å². The highest BCUT2D eigenvalue weighted by molar-refractivity contribution is 9.10. The van der Waals surface area contributed by atoms with Crippen molar-refractivity contribution in [2.75, 3.05) is 13.1 Å². The Labute approximate surface area is 116 Å². The van der Waals surface area contributed by atoms with Gasteiger partial charge >= 0.3 is 0 Å². The number of piperidine rings is 1. The summed E-state index contributed by atoms with van der Waals surface area (Å²) >= 11 is 3.53. The zero-order valence-electron chi connectivity index (χ0n) is 10.6. The first-order valence-electron chi connectivity index (χ1n) is 6.58. The lowest BCUT2D eigenvalue weighted by molar-refractivity contribution is 0.371. The topological polar surface area (TPSA) is 40.7 Å². The highest BCUT2D eigenvalue weighted by Crippen LogP contribution is 2.23. The number of aryl methyl sites for hydroxylation is 1. The van der Waals surface area contributed by atoms with Crippen LogP contribution in [-0.2, 0) is 6.42 Å². The summed E-state index contributed by atoms with van der Waals surface area (Å²) in [5.41, 5.74) is 3.47. The summed E-state index contributed by atoms with van der Waals surface area (Å²) in [6.07, 6.45) is 3.65. The van der Waals surface area contributed by atoms with Gasteiger partial charge in [-0.25, -0.2) is 4.98 Å². The molecule has 0 bridgehead atoms. The van der Waals surface area contributed by atoms with Crippen molar-refractivity contribution in [1.82, 2.24) is 15.3 Å². The van der Waals surface area contributed by atoms with Crippen LogP contribution >= 0.6 is 15.9 Å². The molecule has 1 atom stereocenters. The number of fused-ring (bicyclic) bond motifs is 1. The predicted molar refractivity (Wildman–Crippen MR) is 77.8 cm³/mol. The number of imidazole rings is 1. The fourth-order valence-corrected chi connectivity index (χ4v) is 3.34. The number of rotatable bonds is 2. The Morgan fingerprint density at radius 3 is 3.11 bits per heavy atom. The van der Waals surface area contributed by atoms with Crippen molar-refractivity contribution in [3.63, 3.8) is 0 Å². The molecule has 0 amide bonds. The Morgan fingerprint density at radius 2 is 2.33 bits per heavy atom. The van der Waals surface area contributed by atoms with E-state index < -0.39 is 0 Å². The average molecular weight is 308 g/mol. The first-order valence-corrected chi connectivity index (χ1v) is 7.37. The van der Waals surface area contributed by atoms with Gasteiger partial charge in [0.2, 0.25) is 0 Å². The maximum absolute atomic E-state index is 4.74. The minimum atomic E-state index is 0.725. The molecule has 3 rings (SSSR count). The van der Waals surface area contributed by atoms with Crippen molar-refractivity contribution in [3.05, 3.63) is 28.0 Å². The van der Waals surface area contributed by atoms with Gasteiger partial charge in [-0.1, -0.05) is 15.9 Å². The SMILES string of the molecule is Cc1cc(Br)cc2[nH]c(CC3CCCNC3)nc12. The summed E-state index contributed by atoms with van der Waals surface area (Å²) in [6.45, 7) is 4.41. The van der Waals surface area contributed by atoms with E-state index in [0.29, 0.717) is 0 Å². The molecule has 1 fully saturated rings. The van der Waals surface area contributed by atoms with E-state index in [1.807, 2.05) is 0 Å². The lowest BCUT2D eigenvalue weighted by Crippen LogP contribution is -2.31. The van der Waals surface area contributed by atoms with Crippen molar-refractivity contribution in [2.45, 2.75) is 26.2 Å². The van der Waals surface area contributed by atoms with Gasteiger partial charge < -0.3 is 10.3 Å². The maximum Gasteiger partial charge on any atom is 0.107 e. The van der Waals surface area contributed by atoms with Crippen molar-refractivity contribution in [2.24, 2.45) is 5.92 Å². The first-order chi connectivity index (χ1) is 8.72. The Morgan fingerprint density at radius 1 is 1.44 bits per heavy atom. The number of H-pyrrole nitrogens is 1. The highest BCUT2D eigenvalue weighted by atomic mass is 79.9. The molecule has 0 spiro atoms. The van der Waals surface area contributed by atoms with E-state index >= 15 is 0 Å². The van der Waals surface area contributed by atoms with Gasteiger partial charge in [0, 0.05) is 10.9 Å². The molecular weight excluding hydrogens is 290 g/mol. The van der Waals surface area contributed by atoms with E-state index in [9.17, 15) is 0 Å². The summed E-state index contributed by atoms with van der Waals surface area (Å²) in [7, 11) is 0. The summed E-state index contributed by atoms with van der Waals surface area (Å²) in [5, 5.41) is 3.46. The van der Waals surface area contributed by atoms with Crippen molar-refractivity contribution >= 4 is 27.0 Å². The number of aromatic nitrogens is 2. The van der Waals surface area contributed by atoms with E-state index in [2.05, 4.69) is 45.3 Å². The van der Waals surface area contributed by atoms with E-state index in [1.165, 1.54) is 24.9 Å². The molecule has 1 saturated heterocycles. The van der Waals surface area contributed by atoms with E-state index in [-0.39, 0.29) is 0 Å². The number of benzene rings is 1. The molecule has 1 aliphatic heterocycles. The van der Waals surface area contributed by atoms with Crippen LogP contribution in [0.25, 0.3) is 11.0 Å². The fraction of sp³-hybridized carbons (Fsp3) is 0.500.